The van der Waals surface area contributed by atoms with Crippen molar-refractivity contribution >= 4 is 0 Å². The van der Waals surface area contributed by atoms with E-state index in [9.17, 15) is 0 Å². The predicted molar refractivity (Wildman–Crippen MR) is 139 cm³/mol. The molecule has 0 saturated heterocycles. The topological polar surface area (TPSA) is 27.7 Å². The van der Waals surface area contributed by atoms with Crippen molar-refractivity contribution in [2.75, 3.05) is 13.2 Å². The largest absolute Gasteiger partial charge is 0.375 e. The lowest BCUT2D eigenvalue weighted by molar-refractivity contribution is -0.145. The van der Waals surface area contributed by atoms with E-state index in [0.29, 0.717) is 18.3 Å². The van der Waals surface area contributed by atoms with Crippen LogP contribution in [0.5, 0.6) is 0 Å². The summed E-state index contributed by atoms with van der Waals surface area (Å²) < 4.78 is 20.7. The molecule has 0 spiro atoms. The van der Waals surface area contributed by atoms with Gasteiger partial charge in [-0.1, -0.05) is 19.3 Å². The van der Waals surface area contributed by atoms with E-state index < -0.39 is 0 Å². The van der Waals surface area contributed by atoms with Crippen LogP contribution in [0.15, 0.2) is 0 Å². The zero-order chi connectivity index (χ0) is 23.4. The van der Waals surface area contributed by atoms with Gasteiger partial charge in [-0.15, -0.1) is 0 Å². The smallest absolute Gasteiger partial charge is 0.104 e. The molecule has 200 valence electrons. The van der Waals surface area contributed by atoms with E-state index in [4.69, 9.17) is 14.2 Å². The molecule has 36 heavy (non-hydrogen) atoms. The van der Waals surface area contributed by atoms with Crippen molar-refractivity contribution in [3.63, 3.8) is 0 Å². The van der Waals surface area contributed by atoms with Gasteiger partial charge in [0.15, 0.2) is 0 Å². The molecule has 0 aliphatic heterocycles. The molecular weight excluding hydrogens is 444 g/mol. The van der Waals surface area contributed by atoms with Gasteiger partial charge in [0.2, 0.25) is 0 Å². The molecule has 0 aromatic heterocycles. The van der Waals surface area contributed by atoms with Crippen LogP contribution in [0.2, 0.25) is 0 Å². The molecule has 3 heteroatoms. The summed E-state index contributed by atoms with van der Waals surface area (Å²) in [6, 6.07) is 0. The fourth-order valence-electron chi connectivity index (χ4n) is 13.4. The summed E-state index contributed by atoms with van der Waals surface area (Å²) in [5.41, 5.74) is 0. The zero-order valence-electron chi connectivity index (χ0n) is 22.5. The predicted octanol–water partition coefficient (Wildman–Crippen LogP) is 6.88. The van der Waals surface area contributed by atoms with Crippen LogP contribution in [-0.4, -0.2) is 37.6 Å². The quantitative estimate of drug-likeness (QED) is 0.368. The summed E-state index contributed by atoms with van der Waals surface area (Å²) in [6.07, 6.45) is 23.5. The van der Waals surface area contributed by atoms with Crippen molar-refractivity contribution in [3.05, 3.63) is 0 Å². The van der Waals surface area contributed by atoms with Gasteiger partial charge in [-0.2, -0.15) is 0 Å². The number of ether oxygens (including phenoxy) is 3. The third-order valence-corrected chi connectivity index (χ3v) is 14.5. The molecule has 0 N–H and O–H groups in total. The number of hydrogen-bond donors (Lipinski definition) is 0. The molecular formula is C33H50O3. The molecule has 0 amide bonds. The number of fused-ring (bicyclic) bond motifs is 15. The third-order valence-electron chi connectivity index (χ3n) is 14.5. The summed E-state index contributed by atoms with van der Waals surface area (Å²) in [4.78, 5) is 0. The lowest BCUT2D eigenvalue weighted by atomic mass is 9.80. The average molecular weight is 495 g/mol. The lowest BCUT2D eigenvalue weighted by Gasteiger charge is -2.37. The molecule has 3 nitrogen and oxygen atoms in total. The average Bonchev–Trinajstić information content (AvgIpc) is 3.73. The molecule has 9 rings (SSSR count). The first-order chi connectivity index (χ1) is 17.8. The van der Waals surface area contributed by atoms with Crippen molar-refractivity contribution in [2.45, 2.75) is 121 Å². The Morgan fingerprint density at radius 2 is 0.806 bits per heavy atom. The normalized spacial score (nSPS) is 58.2. The first-order valence-corrected chi connectivity index (χ1v) is 16.7. The van der Waals surface area contributed by atoms with Crippen LogP contribution in [0, 0.1) is 71.0 Å². The van der Waals surface area contributed by atoms with Gasteiger partial charge in [0.1, 0.15) is 6.10 Å². The van der Waals surface area contributed by atoms with E-state index in [1.807, 2.05) is 0 Å². The molecule has 0 heterocycles. The molecule has 15 unspecified atom stereocenters. The van der Waals surface area contributed by atoms with Gasteiger partial charge in [0.05, 0.1) is 31.5 Å². The molecule has 0 aromatic carbocycles. The van der Waals surface area contributed by atoms with E-state index in [1.165, 1.54) is 96.3 Å². The summed E-state index contributed by atoms with van der Waals surface area (Å²) in [6.45, 7) is 1.58. The molecule has 6 bridgehead atoms. The minimum absolute atomic E-state index is 0.159. The van der Waals surface area contributed by atoms with Gasteiger partial charge in [-0.05, 0) is 148 Å². The number of rotatable bonds is 8. The van der Waals surface area contributed by atoms with E-state index in [2.05, 4.69) is 0 Å². The second-order valence-corrected chi connectivity index (χ2v) is 15.5. The maximum atomic E-state index is 7.06. The van der Waals surface area contributed by atoms with Gasteiger partial charge >= 0.3 is 0 Å². The number of hydrogen-bond acceptors (Lipinski definition) is 3. The Morgan fingerprint density at radius 3 is 1.28 bits per heavy atom. The fourth-order valence-corrected chi connectivity index (χ4v) is 13.4. The van der Waals surface area contributed by atoms with Crippen molar-refractivity contribution in [1.29, 1.82) is 0 Å². The van der Waals surface area contributed by atoms with Gasteiger partial charge in [0.25, 0.3) is 0 Å². The van der Waals surface area contributed by atoms with E-state index >= 15 is 0 Å². The maximum Gasteiger partial charge on any atom is 0.104 e. The Labute approximate surface area is 219 Å². The highest BCUT2D eigenvalue weighted by atomic mass is 16.6. The maximum absolute atomic E-state index is 7.06. The van der Waals surface area contributed by atoms with Gasteiger partial charge in [-0.25, -0.2) is 0 Å². The molecule has 9 aliphatic rings. The minimum Gasteiger partial charge on any atom is -0.375 e. The lowest BCUT2D eigenvalue weighted by Crippen LogP contribution is -2.40. The van der Waals surface area contributed by atoms with Crippen LogP contribution in [0.3, 0.4) is 0 Å². The third kappa shape index (κ3) is 3.39. The molecule has 0 radical (unpaired) electrons. The Hall–Kier alpha value is -0.120. The highest BCUT2D eigenvalue weighted by molar-refractivity contribution is 5.06. The Morgan fingerprint density at radius 1 is 0.417 bits per heavy atom. The first kappa shape index (κ1) is 22.7. The Bertz CT molecular complexity index is 797. The van der Waals surface area contributed by atoms with Crippen LogP contribution >= 0.6 is 0 Å². The van der Waals surface area contributed by atoms with E-state index in [0.717, 1.165) is 84.2 Å². The Kier molecular flexibility index (Phi) is 5.47. The summed E-state index contributed by atoms with van der Waals surface area (Å²) >= 11 is 0. The van der Waals surface area contributed by atoms with Crippen LogP contribution in [0.4, 0.5) is 0 Å². The SMILES string of the molecule is C1CC2C3CC(OCC(COC4CC5CC4C4CCCC54)OC4CC5CC4C4CCCC54)C(C3)C2C1. The second kappa shape index (κ2) is 8.69. The highest BCUT2D eigenvalue weighted by Crippen LogP contribution is 2.62. The molecule has 9 saturated carbocycles. The fraction of sp³-hybridized carbons (Fsp3) is 1.00. The molecule has 0 aromatic rings. The summed E-state index contributed by atoms with van der Waals surface area (Å²) in [5, 5.41) is 0. The van der Waals surface area contributed by atoms with Crippen LogP contribution in [-0.2, 0) is 14.2 Å². The van der Waals surface area contributed by atoms with Crippen LogP contribution in [0.25, 0.3) is 0 Å². The van der Waals surface area contributed by atoms with E-state index in [1.54, 1.807) is 0 Å². The van der Waals surface area contributed by atoms with Crippen LogP contribution < -0.4 is 0 Å². The van der Waals surface area contributed by atoms with Crippen molar-refractivity contribution < 1.29 is 14.2 Å². The minimum atomic E-state index is 0.159. The molecule has 9 fully saturated rings. The monoisotopic (exact) mass is 494 g/mol. The first-order valence-electron chi connectivity index (χ1n) is 16.7. The summed E-state index contributed by atoms with van der Waals surface area (Å²) in [5.74, 6) is 11.6. The highest BCUT2D eigenvalue weighted by Gasteiger charge is 2.57. The summed E-state index contributed by atoms with van der Waals surface area (Å²) in [7, 11) is 0. The standard InChI is InChI=1S/C33H50O3/c1-4-22-18-10-28(25(22)7-1)31(13-18)34-16-21(36-33-15-20-12-30(33)27-9-3-6-24(20)27)17-35-32-14-19-11-29(32)26-8-2-5-23(19)26/h18-33H,1-17H2. The van der Waals surface area contributed by atoms with E-state index in [-0.39, 0.29) is 6.10 Å². The van der Waals surface area contributed by atoms with Gasteiger partial charge in [-0.3, -0.25) is 0 Å². The Balaban J connectivity index is 0.865. The van der Waals surface area contributed by atoms with Crippen LogP contribution in [0.1, 0.15) is 96.3 Å². The van der Waals surface area contributed by atoms with Crippen molar-refractivity contribution in [2.24, 2.45) is 71.0 Å². The second-order valence-electron chi connectivity index (χ2n) is 15.5. The van der Waals surface area contributed by atoms with Gasteiger partial charge < -0.3 is 14.2 Å². The van der Waals surface area contributed by atoms with Crippen molar-refractivity contribution in [1.82, 2.24) is 0 Å². The molecule has 9 aliphatic carbocycles. The van der Waals surface area contributed by atoms with Gasteiger partial charge in [0, 0.05) is 0 Å². The molecule has 15 atom stereocenters. The zero-order valence-corrected chi connectivity index (χ0v) is 22.5. The van der Waals surface area contributed by atoms with Crippen molar-refractivity contribution in [3.8, 4) is 0 Å².